The van der Waals surface area contributed by atoms with Crippen LogP contribution in [0.1, 0.15) is 12.8 Å². The van der Waals surface area contributed by atoms with Crippen LogP contribution in [0.15, 0.2) is 12.7 Å². The SMILES string of the molecule is O=C1NC(=O)C2(CCN(C(=O)Cn3cncn3)CC2)N1. The molecular formula is C11H14N6O3. The summed E-state index contributed by atoms with van der Waals surface area (Å²) >= 11 is 0. The highest BCUT2D eigenvalue weighted by Gasteiger charge is 2.48. The van der Waals surface area contributed by atoms with E-state index in [1.165, 1.54) is 17.3 Å². The summed E-state index contributed by atoms with van der Waals surface area (Å²) in [6.07, 6.45) is 3.70. The molecule has 0 radical (unpaired) electrons. The van der Waals surface area contributed by atoms with E-state index in [4.69, 9.17) is 0 Å². The lowest BCUT2D eigenvalue weighted by atomic mass is 9.88. The first-order valence-corrected chi connectivity index (χ1v) is 6.33. The molecule has 2 saturated heterocycles. The Kier molecular flexibility index (Phi) is 2.88. The standard InChI is InChI=1S/C11H14N6O3/c18-8(5-17-7-12-6-13-17)16-3-1-11(2-4-16)9(19)14-10(20)15-11/h6-7H,1-5H2,(H2,14,15,19,20). The number of amides is 4. The Balaban J connectivity index is 1.60. The van der Waals surface area contributed by atoms with Crippen LogP contribution in [0.2, 0.25) is 0 Å². The van der Waals surface area contributed by atoms with E-state index >= 15 is 0 Å². The maximum Gasteiger partial charge on any atom is 0.322 e. The molecule has 2 fully saturated rings. The summed E-state index contributed by atoms with van der Waals surface area (Å²) in [5.74, 6) is -0.374. The van der Waals surface area contributed by atoms with E-state index in [0.29, 0.717) is 25.9 Å². The number of piperidine rings is 1. The molecule has 0 aromatic carbocycles. The van der Waals surface area contributed by atoms with Crippen molar-refractivity contribution < 1.29 is 14.4 Å². The molecule has 9 nitrogen and oxygen atoms in total. The first-order valence-electron chi connectivity index (χ1n) is 6.33. The molecule has 0 unspecified atom stereocenters. The monoisotopic (exact) mass is 278 g/mol. The van der Waals surface area contributed by atoms with Crippen LogP contribution in [0, 0.1) is 0 Å². The molecule has 0 saturated carbocycles. The van der Waals surface area contributed by atoms with Crippen LogP contribution in [-0.4, -0.2) is 56.1 Å². The Labute approximate surface area is 114 Å². The van der Waals surface area contributed by atoms with Crippen LogP contribution < -0.4 is 10.6 Å². The molecule has 2 aliphatic rings. The van der Waals surface area contributed by atoms with Crippen LogP contribution in [0.5, 0.6) is 0 Å². The third-order valence-corrected chi connectivity index (χ3v) is 3.75. The second-order valence-electron chi connectivity index (χ2n) is 4.96. The highest BCUT2D eigenvalue weighted by atomic mass is 16.2. The number of urea groups is 1. The molecule has 4 amide bonds. The van der Waals surface area contributed by atoms with E-state index in [2.05, 4.69) is 20.7 Å². The number of likely N-dealkylation sites (tertiary alicyclic amines) is 1. The molecule has 1 aromatic heterocycles. The van der Waals surface area contributed by atoms with Gasteiger partial charge in [-0.2, -0.15) is 5.10 Å². The number of rotatable bonds is 2. The highest BCUT2D eigenvalue weighted by molar-refractivity contribution is 6.07. The van der Waals surface area contributed by atoms with E-state index in [1.54, 1.807) is 4.90 Å². The van der Waals surface area contributed by atoms with Crippen molar-refractivity contribution in [2.45, 2.75) is 24.9 Å². The fourth-order valence-electron chi connectivity index (χ4n) is 2.57. The van der Waals surface area contributed by atoms with Crippen molar-refractivity contribution in [3.8, 4) is 0 Å². The number of nitrogens with one attached hydrogen (secondary N) is 2. The summed E-state index contributed by atoms with van der Waals surface area (Å²) in [4.78, 5) is 40.5. The van der Waals surface area contributed by atoms with Crippen LogP contribution in [-0.2, 0) is 16.1 Å². The van der Waals surface area contributed by atoms with Gasteiger partial charge >= 0.3 is 6.03 Å². The molecule has 3 heterocycles. The summed E-state index contributed by atoms with van der Waals surface area (Å²) in [5, 5.41) is 8.78. The van der Waals surface area contributed by atoms with E-state index in [0.717, 1.165) is 0 Å². The first-order chi connectivity index (χ1) is 9.59. The molecule has 1 spiro atoms. The van der Waals surface area contributed by atoms with Gasteiger partial charge in [-0.25, -0.2) is 14.5 Å². The summed E-state index contributed by atoms with van der Waals surface area (Å²) in [6, 6.07) is -0.461. The average Bonchev–Trinajstić information content (AvgIpc) is 3.00. The number of imide groups is 1. The molecule has 0 bridgehead atoms. The third kappa shape index (κ3) is 2.10. The molecule has 20 heavy (non-hydrogen) atoms. The lowest BCUT2D eigenvalue weighted by Gasteiger charge is -2.36. The van der Waals surface area contributed by atoms with E-state index in [-0.39, 0.29) is 18.4 Å². The summed E-state index contributed by atoms with van der Waals surface area (Å²) in [7, 11) is 0. The quantitative estimate of drug-likeness (QED) is 0.638. The molecule has 106 valence electrons. The third-order valence-electron chi connectivity index (χ3n) is 3.75. The molecule has 9 heteroatoms. The van der Waals surface area contributed by atoms with Gasteiger partial charge in [-0.05, 0) is 12.8 Å². The lowest BCUT2D eigenvalue weighted by molar-refractivity contribution is -0.136. The van der Waals surface area contributed by atoms with Gasteiger partial charge in [-0.3, -0.25) is 14.9 Å². The zero-order valence-corrected chi connectivity index (χ0v) is 10.7. The predicted molar refractivity (Wildman–Crippen MR) is 65.2 cm³/mol. The van der Waals surface area contributed by atoms with Crippen molar-refractivity contribution >= 4 is 17.8 Å². The van der Waals surface area contributed by atoms with Crippen molar-refractivity contribution in [3.63, 3.8) is 0 Å². The van der Waals surface area contributed by atoms with Crippen molar-refractivity contribution in [1.82, 2.24) is 30.3 Å². The second-order valence-corrected chi connectivity index (χ2v) is 4.96. The Bertz CT molecular complexity index is 547. The minimum absolute atomic E-state index is 0.0740. The molecule has 1 aromatic rings. The van der Waals surface area contributed by atoms with Crippen molar-refractivity contribution in [3.05, 3.63) is 12.7 Å². The Hall–Kier alpha value is -2.45. The van der Waals surface area contributed by atoms with E-state index < -0.39 is 11.6 Å². The smallest absolute Gasteiger partial charge is 0.322 e. The Morgan fingerprint density at radius 2 is 2.10 bits per heavy atom. The normalized spacial score (nSPS) is 20.9. The number of carbonyl (C=O) groups is 3. The van der Waals surface area contributed by atoms with Crippen LogP contribution in [0.4, 0.5) is 4.79 Å². The summed E-state index contributed by atoms with van der Waals surface area (Å²) < 4.78 is 1.46. The minimum Gasteiger partial charge on any atom is -0.341 e. The average molecular weight is 278 g/mol. The van der Waals surface area contributed by atoms with E-state index in [9.17, 15) is 14.4 Å². The molecule has 0 atom stereocenters. The van der Waals surface area contributed by atoms with Gasteiger partial charge < -0.3 is 10.2 Å². The summed E-state index contributed by atoms with van der Waals surface area (Å²) in [5.41, 5.74) is -0.846. The number of hydrogen-bond acceptors (Lipinski definition) is 5. The minimum atomic E-state index is -0.846. The zero-order chi connectivity index (χ0) is 14.2. The molecule has 0 aliphatic carbocycles. The zero-order valence-electron chi connectivity index (χ0n) is 10.7. The lowest BCUT2D eigenvalue weighted by Crippen LogP contribution is -2.56. The molecule has 2 aliphatic heterocycles. The van der Waals surface area contributed by atoms with Gasteiger partial charge in [0.1, 0.15) is 24.7 Å². The largest absolute Gasteiger partial charge is 0.341 e. The van der Waals surface area contributed by atoms with E-state index in [1.807, 2.05) is 0 Å². The van der Waals surface area contributed by atoms with Crippen molar-refractivity contribution in [2.24, 2.45) is 0 Å². The van der Waals surface area contributed by atoms with Gasteiger partial charge in [-0.15, -0.1) is 0 Å². The topological polar surface area (TPSA) is 109 Å². The molecule has 2 N–H and O–H groups in total. The number of hydrogen-bond donors (Lipinski definition) is 2. The highest BCUT2D eigenvalue weighted by Crippen LogP contribution is 2.25. The number of aromatic nitrogens is 3. The van der Waals surface area contributed by atoms with Crippen LogP contribution >= 0.6 is 0 Å². The number of nitrogens with zero attached hydrogens (tertiary/aromatic N) is 4. The van der Waals surface area contributed by atoms with Crippen molar-refractivity contribution in [1.29, 1.82) is 0 Å². The van der Waals surface area contributed by atoms with Gasteiger partial charge in [0.05, 0.1) is 0 Å². The fraction of sp³-hybridized carbons (Fsp3) is 0.545. The first kappa shape index (κ1) is 12.6. The molecular weight excluding hydrogens is 264 g/mol. The Morgan fingerprint density at radius 1 is 1.35 bits per heavy atom. The molecule has 3 rings (SSSR count). The Morgan fingerprint density at radius 3 is 2.65 bits per heavy atom. The second kappa shape index (κ2) is 4.58. The van der Waals surface area contributed by atoms with Gasteiger partial charge in [0, 0.05) is 13.1 Å². The maximum atomic E-state index is 12.1. The van der Waals surface area contributed by atoms with Gasteiger partial charge in [-0.1, -0.05) is 0 Å². The number of carbonyl (C=O) groups excluding carboxylic acids is 3. The van der Waals surface area contributed by atoms with Crippen LogP contribution in [0.25, 0.3) is 0 Å². The van der Waals surface area contributed by atoms with Gasteiger partial charge in [0.25, 0.3) is 5.91 Å². The fourth-order valence-corrected chi connectivity index (χ4v) is 2.57. The predicted octanol–water partition coefficient (Wildman–Crippen LogP) is -1.52. The van der Waals surface area contributed by atoms with Gasteiger partial charge in [0.15, 0.2) is 0 Å². The van der Waals surface area contributed by atoms with Gasteiger partial charge in [0.2, 0.25) is 5.91 Å². The van der Waals surface area contributed by atoms with Crippen LogP contribution in [0.3, 0.4) is 0 Å². The summed E-state index contributed by atoms with van der Waals surface area (Å²) in [6.45, 7) is 0.994. The maximum absolute atomic E-state index is 12.1. The van der Waals surface area contributed by atoms with Crippen molar-refractivity contribution in [2.75, 3.05) is 13.1 Å².